The second-order valence-electron chi connectivity index (χ2n) is 5.81. The highest BCUT2D eigenvalue weighted by Crippen LogP contribution is 2.44. The predicted octanol–water partition coefficient (Wildman–Crippen LogP) is -1.52. The average Bonchev–Trinajstić information content (AvgIpc) is 3.11. The van der Waals surface area contributed by atoms with Crippen molar-refractivity contribution in [2.24, 2.45) is 0 Å². The summed E-state index contributed by atoms with van der Waals surface area (Å²) in [6, 6.07) is 0. The van der Waals surface area contributed by atoms with Gasteiger partial charge in [0.1, 0.15) is 18.9 Å². The van der Waals surface area contributed by atoms with Crippen LogP contribution in [0.5, 0.6) is 0 Å². The molecule has 5 atom stereocenters. The number of anilines is 1. The molecule has 0 aromatic carbocycles. The Morgan fingerprint density at radius 2 is 2.31 bits per heavy atom. The summed E-state index contributed by atoms with van der Waals surface area (Å²) in [6.45, 7) is 0.395. The lowest BCUT2D eigenvalue weighted by Crippen LogP contribution is -2.43. The van der Waals surface area contributed by atoms with Crippen molar-refractivity contribution in [2.75, 3.05) is 18.3 Å². The molecule has 1 aliphatic heterocycles. The zero-order valence-electron chi connectivity index (χ0n) is 13.5. The molecule has 12 heteroatoms. The van der Waals surface area contributed by atoms with Gasteiger partial charge in [0.15, 0.2) is 22.3 Å². The number of hydrogen-bond donors (Lipinski definition) is 4. The lowest BCUT2D eigenvalue weighted by Gasteiger charge is -2.25. The third kappa shape index (κ3) is 2.58. The molecule has 3 rings (SSSR count). The summed E-state index contributed by atoms with van der Waals surface area (Å²) in [5, 5.41) is 20.3. The normalized spacial score (nSPS) is 29.5. The number of alkyl halides is 2. The largest absolute Gasteiger partial charge is 0.391 e. The van der Waals surface area contributed by atoms with Crippen LogP contribution in [0.2, 0.25) is 0 Å². The molecular weight excluding hydrogens is 371 g/mol. The number of aliphatic hydroxyl groups is 2. The number of ether oxygens (including phenoxy) is 1. The smallest absolute Gasteiger partial charge is 0.301 e. The summed E-state index contributed by atoms with van der Waals surface area (Å²) in [5.41, 5.74) is 4.78. The first-order valence-corrected chi connectivity index (χ1v) is 7.86. The summed E-state index contributed by atoms with van der Waals surface area (Å²) in [7, 11) is 0. The van der Waals surface area contributed by atoms with Crippen molar-refractivity contribution < 1.29 is 19.3 Å². The highest BCUT2D eigenvalue weighted by atomic mass is 35.5. The maximum Gasteiger partial charge on any atom is 0.301 e. The Kier molecular flexibility index (Phi) is 4.53. The van der Waals surface area contributed by atoms with Gasteiger partial charge in [0.2, 0.25) is 5.95 Å². The molecule has 6 N–H and O–H groups in total. The number of imidazole rings is 1. The Morgan fingerprint density at radius 1 is 1.62 bits per heavy atom. The number of halogens is 2. The molecular formula is C14H16ClFN6O4. The van der Waals surface area contributed by atoms with Crippen LogP contribution in [0.1, 0.15) is 13.2 Å². The molecule has 0 saturated carbocycles. The molecule has 1 aliphatic rings. The number of nitrogens with two attached hydrogens (primary N) is 2. The molecule has 26 heavy (non-hydrogen) atoms. The third-order valence-electron chi connectivity index (χ3n) is 4.12. The van der Waals surface area contributed by atoms with Crippen molar-refractivity contribution in [3.63, 3.8) is 0 Å². The number of hydrogen-bond acceptors (Lipinski definition) is 8. The fraction of sp³-hybridized carbons (Fsp3) is 0.500. The lowest BCUT2D eigenvalue weighted by atomic mass is 9.96. The first-order valence-electron chi connectivity index (χ1n) is 7.49. The monoisotopic (exact) mass is 386 g/mol. The van der Waals surface area contributed by atoms with Gasteiger partial charge in [-0.1, -0.05) is 23.4 Å². The van der Waals surface area contributed by atoms with Crippen molar-refractivity contribution in [1.82, 2.24) is 19.2 Å². The van der Waals surface area contributed by atoms with Gasteiger partial charge in [-0.3, -0.25) is 9.36 Å². The molecule has 2 aromatic rings. The summed E-state index contributed by atoms with van der Waals surface area (Å²) >= 11 is 6.47. The van der Waals surface area contributed by atoms with Crippen LogP contribution in [0.25, 0.3) is 11.2 Å². The van der Waals surface area contributed by atoms with Crippen molar-refractivity contribution in [2.45, 2.75) is 36.3 Å². The van der Waals surface area contributed by atoms with Crippen LogP contribution < -0.4 is 17.1 Å². The highest BCUT2D eigenvalue weighted by Gasteiger charge is 2.57. The van der Waals surface area contributed by atoms with Gasteiger partial charge in [0.25, 0.3) is 0 Å². The number of rotatable bonds is 2. The van der Waals surface area contributed by atoms with Gasteiger partial charge in [-0.15, -0.1) is 0 Å². The van der Waals surface area contributed by atoms with Crippen LogP contribution in [-0.2, 0) is 4.74 Å². The van der Waals surface area contributed by atoms with Gasteiger partial charge in [0, 0.05) is 0 Å². The second-order valence-corrected chi connectivity index (χ2v) is 6.44. The van der Waals surface area contributed by atoms with Gasteiger partial charge in [0.05, 0.1) is 12.4 Å². The van der Waals surface area contributed by atoms with Gasteiger partial charge in [-0.2, -0.15) is 9.66 Å². The fourth-order valence-corrected chi connectivity index (χ4v) is 3.17. The van der Waals surface area contributed by atoms with Crippen LogP contribution >= 0.6 is 11.6 Å². The van der Waals surface area contributed by atoms with Crippen LogP contribution in [0.4, 0.5) is 10.3 Å². The van der Waals surface area contributed by atoms with E-state index in [1.54, 1.807) is 0 Å². The number of nitrogens with zero attached hydrogens (tertiary/aromatic N) is 4. The summed E-state index contributed by atoms with van der Waals surface area (Å²) in [6.07, 6.45) is -3.72. The van der Waals surface area contributed by atoms with Crippen molar-refractivity contribution >= 4 is 28.7 Å². The minimum Gasteiger partial charge on any atom is -0.391 e. The van der Waals surface area contributed by atoms with E-state index in [4.69, 9.17) is 27.9 Å². The molecule has 1 saturated heterocycles. The van der Waals surface area contributed by atoms with Crippen LogP contribution in [-0.4, -0.2) is 59.3 Å². The number of aromatic nitrogens is 4. The highest BCUT2D eigenvalue weighted by molar-refractivity contribution is 6.27. The maximum atomic E-state index is 12.6. The van der Waals surface area contributed by atoms with Crippen LogP contribution in [0, 0.1) is 11.8 Å². The van der Waals surface area contributed by atoms with Gasteiger partial charge < -0.3 is 26.5 Å². The molecule has 140 valence electrons. The van der Waals surface area contributed by atoms with Crippen LogP contribution in [0.3, 0.4) is 0 Å². The van der Waals surface area contributed by atoms with E-state index in [-0.39, 0.29) is 17.1 Å². The van der Waals surface area contributed by atoms with E-state index in [1.807, 2.05) is 0 Å². The minimum absolute atomic E-state index is 0.00952. The number of aliphatic hydroxyl groups excluding tert-OH is 2. The van der Waals surface area contributed by atoms with E-state index >= 15 is 0 Å². The molecule has 0 bridgehead atoms. The Balaban J connectivity index is 2.21. The molecule has 1 fully saturated rings. The lowest BCUT2D eigenvalue weighted by molar-refractivity contribution is -0.0752. The zero-order chi connectivity index (χ0) is 19.2. The molecule has 3 heterocycles. The summed E-state index contributed by atoms with van der Waals surface area (Å²) < 4.78 is 20.1. The van der Waals surface area contributed by atoms with E-state index in [0.717, 1.165) is 0 Å². The summed E-state index contributed by atoms with van der Waals surface area (Å²) in [4.78, 5) is 18.2. The van der Waals surface area contributed by atoms with E-state index < -0.39 is 41.6 Å². The van der Waals surface area contributed by atoms with Gasteiger partial charge in [-0.25, -0.2) is 9.37 Å². The summed E-state index contributed by atoms with van der Waals surface area (Å²) in [5.74, 6) is 9.78. The van der Waals surface area contributed by atoms with E-state index in [2.05, 4.69) is 21.8 Å². The Hall–Kier alpha value is -2.39. The Labute approximate surface area is 151 Å². The van der Waals surface area contributed by atoms with Crippen molar-refractivity contribution in [3.8, 4) is 11.8 Å². The molecule has 2 aromatic heterocycles. The van der Waals surface area contributed by atoms with E-state index in [9.17, 15) is 19.4 Å². The first-order chi connectivity index (χ1) is 12.2. The molecule has 1 unspecified atom stereocenters. The Bertz CT molecular complexity index is 966. The molecule has 0 aliphatic carbocycles. The Morgan fingerprint density at radius 3 is 2.92 bits per heavy atom. The fourth-order valence-electron chi connectivity index (χ4n) is 2.83. The van der Waals surface area contributed by atoms with Crippen molar-refractivity contribution in [1.29, 1.82) is 0 Å². The standard InChI is InChI=1S/C14H16ClFN6O4/c1-6(23)8-9(24)14(15,3-2-4-16)12(26-8)21-5-19-7-10(21)20-13(17)22(18)11(7)25/h5-6,8-9,12,23-24H,4,18H2,1H3,(H2,17,20)/t6-,8-,9?,12-,14-/m1/s1. The number of nitrogen functional groups attached to an aromatic ring is 2. The number of fused-ring (bicyclic) bond motifs is 1. The predicted molar refractivity (Wildman–Crippen MR) is 90.3 cm³/mol. The average molecular weight is 387 g/mol. The molecule has 0 radical (unpaired) electrons. The van der Waals surface area contributed by atoms with Gasteiger partial charge >= 0.3 is 5.56 Å². The van der Waals surface area contributed by atoms with E-state index in [1.165, 1.54) is 17.8 Å². The SMILES string of the molecule is C[C@@H](O)[C@H]1O[C@@H](n2cnc3c(=O)n(N)c(N)nc32)[C@@](Cl)(C#CCF)C1O. The zero-order valence-corrected chi connectivity index (χ0v) is 14.3. The second kappa shape index (κ2) is 6.40. The van der Waals surface area contributed by atoms with Crippen LogP contribution in [0.15, 0.2) is 11.1 Å². The quantitative estimate of drug-likeness (QED) is 0.275. The minimum atomic E-state index is -1.82. The van der Waals surface area contributed by atoms with Gasteiger partial charge in [-0.05, 0) is 6.92 Å². The molecule has 0 spiro atoms. The van der Waals surface area contributed by atoms with Crippen molar-refractivity contribution in [3.05, 3.63) is 16.7 Å². The first kappa shape index (κ1) is 18.4. The topological polar surface area (TPSA) is 154 Å². The van der Waals surface area contributed by atoms with E-state index in [0.29, 0.717) is 4.68 Å². The third-order valence-corrected chi connectivity index (χ3v) is 4.62. The molecule has 0 amide bonds. The molecule has 10 nitrogen and oxygen atoms in total. The maximum absolute atomic E-state index is 12.6.